The number of ether oxygens (including phenoxy) is 2. The van der Waals surface area contributed by atoms with Crippen LogP contribution in [0, 0.1) is 6.92 Å². The van der Waals surface area contributed by atoms with Crippen LogP contribution in [0.15, 0.2) is 24.3 Å². The van der Waals surface area contributed by atoms with Crippen molar-refractivity contribution in [1.82, 2.24) is 20.2 Å². The Hall–Kier alpha value is -1.99. The van der Waals surface area contributed by atoms with Crippen molar-refractivity contribution in [3.63, 3.8) is 0 Å². The van der Waals surface area contributed by atoms with Crippen molar-refractivity contribution in [2.24, 2.45) is 0 Å². The van der Waals surface area contributed by atoms with Crippen LogP contribution in [-0.4, -0.2) is 58.7 Å². The number of hydrogen-bond acceptors (Lipinski definition) is 6. The maximum absolute atomic E-state index is 5.97. The second-order valence-corrected chi connectivity index (χ2v) is 5.98. The zero-order chi connectivity index (χ0) is 15.0. The number of hydrogen-bond donors (Lipinski definition) is 0. The van der Waals surface area contributed by atoms with Crippen LogP contribution in [0.2, 0.25) is 0 Å². The fourth-order valence-corrected chi connectivity index (χ4v) is 3.08. The number of rotatable bonds is 2. The summed E-state index contributed by atoms with van der Waals surface area (Å²) < 4.78 is 13.3. The van der Waals surface area contributed by atoms with Gasteiger partial charge in [0.25, 0.3) is 5.95 Å². The van der Waals surface area contributed by atoms with Gasteiger partial charge in [0.15, 0.2) is 0 Å². The fraction of sp³-hybridized carbons (Fsp3) is 0.533. The van der Waals surface area contributed by atoms with E-state index in [1.807, 2.05) is 12.1 Å². The van der Waals surface area contributed by atoms with Gasteiger partial charge in [-0.3, -0.25) is 0 Å². The van der Waals surface area contributed by atoms with Crippen LogP contribution < -0.4 is 4.90 Å². The molecule has 1 aromatic heterocycles. The third-order valence-corrected chi connectivity index (χ3v) is 4.33. The molecule has 1 spiro atoms. The van der Waals surface area contributed by atoms with Crippen molar-refractivity contribution in [2.45, 2.75) is 18.9 Å². The zero-order valence-electron chi connectivity index (χ0n) is 12.6. The predicted octanol–water partition coefficient (Wildman–Crippen LogP) is 0.966. The predicted molar refractivity (Wildman–Crippen MR) is 80.2 cm³/mol. The molecule has 0 saturated carbocycles. The van der Waals surface area contributed by atoms with Gasteiger partial charge in [0.1, 0.15) is 5.60 Å². The van der Waals surface area contributed by atoms with Crippen LogP contribution in [0.1, 0.15) is 12.0 Å². The van der Waals surface area contributed by atoms with Gasteiger partial charge in [-0.05, 0) is 29.5 Å². The summed E-state index contributed by atoms with van der Waals surface area (Å²) in [5.41, 5.74) is 1.98. The lowest BCUT2D eigenvalue weighted by molar-refractivity contribution is -0.0584. The molecule has 7 heteroatoms. The van der Waals surface area contributed by atoms with E-state index in [-0.39, 0.29) is 5.60 Å². The molecule has 0 aliphatic carbocycles. The van der Waals surface area contributed by atoms with Crippen molar-refractivity contribution < 1.29 is 9.47 Å². The van der Waals surface area contributed by atoms with E-state index in [1.165, 1.54) is 5.56 Å². The largest absolute Gasteiger partial charge is 0.378 e. The molecule has 0 amide bonds. The van der Waals surface area contributed by atoms with Crippen molar-refractivity contribution in [3.8, 4) is 5.69 Å². The molecule has 2 aromatic rings. The highest BCUT2D eigenvalue weighted by molar-refractivity contribution is 5.42. The van der Waals surface area contributed by atoms with E-state index in [0.29, 0.717) is 13.2 Å². The van der Waals surface area contributed by atoms with Gasteiger partial charge >= 0.3 is 0 Å². The molecule has 7 nitrogen and oxygen atoms in total. The summed E-state index contributed by atoms with van der Waals surface area (Å²) in [6, 6.07) is 8.19. The molecule has 2 fully saturated rings. The Morgan fingerprint density at radius 3 is 2.82 bits per heavy atom. The molecule has 4 rings (SSSR count). The number of benzene rings is 1. The highest BCUT2D eigenvalue weighted by Crippen LogP contribution is 2.29. The number of morpholine rings is 1. The summed E-state index contributed by atoms with van der Waals surface area (Å²) in [7, 11) is 0. The minimum absolute atomic E-state index is 0.206. The smallest absolute Gasteiger partial charge is 0.250 e. The molecule has 0 radical (unpaired) electrons. The van der Waals surface area contributed by atoms with Crippen LogP contribution >= 0.6 is 0 Å². The topological polar surface area (TPSA) is 65.3 Å². The first-order valence-corrected chi connectivity index (χ1v) is 7.58. The molecule has 0 bridgehead atoms. The van der Waals surface area contributed by atoms with Gasteiger partial charge in [-0.25, -0.2) is 0 Å². The molecule has 22 heavy (non-hydrogen) atoms. The van der Waals surface area contributed by atoms with Crippen molar-refractivity contribution >= 4 is 5.95 Å². The Labute approximate surface area is 128 Å². The summed E-state index contributed by atoms with van der Waals surface area (Å²) in [6.07, 6.45) is 0.926. The first kappa shape index (κ1) is 13.7. The summed E-state index contributed by atoms with van der Waals surface area (Å²) in [5.74, 6) is 0.762. The third kappa shape index (κ3) is 2.36. The number of anilines is 1. The number of aromatic nitrogens is 4. The quantitative estimate of drug-likeness (QED) is 0.823. The second-order valence-electron chi connectivity index (χ2n) is 5.98. The van der Waals surface area contributed by atoms with E-state index in [0.717, 1.165) is 37.8 Å². The highest BCUT2D eigenvalue weighted by atomic mass is 16.6. The molecule has 3 heterocycles. The average molecular weight is 301 g/mol. The lowest BCUT2D eigenvalue weighted by atomic mass is 10.0. The maximum atomic E-state index is 5.97. The zero-order valence-corrected chi connectivity index (χ0v) is 12.6. The Morgan fingerprint density at radius 2 is 2.05 bits per heavy atom. The lowest BCUT2D eigenvalue weighted by Crippen LogP contribution is -2.53. The molecule has 2 aliphatic heterocycles. The van der Waals surface area contributed by atoms with Gasteiger partial charge in [0, 0.05) is 19.6 Å². The van der Waals surface area contributed by atoms with Gasteiger partial charge in [0.05, 0.1) is 25.4 Å². The van der Waals surface area contributed by atoms with Crippen LogP contribution in [-0.2, 0) is 9.47 Å². The summed E-state index contributed by atoms with van der Waals surface area (Å²) in [5, 5.41) is 12.2. The standard InChI is InChI=1S/C15H19N5O2/c1-12-2-4-13(5-3-12)20-14(16-17-18-20)19-7-9-22-15(10-19)6-8-21-11-15/h2-5H,6-11H2,1H3. The second kappa shape index (κ2) is 5.33. The summed E-state index contributed by atoms with van der Waals surface area (Å²) >= 11 is 0. The lowest BCUT2D eigenvalue weighted by Gasteiger charge is -2.39. The molecule has 116 valence electrons. The number of tetrazole rings is 1. The Kier molecular flexibility index (Phi) is 3.31. The van der Waals surface area contributed by atoms with E-state index in [4.69, 9.17) is 9.47 Å². The van der Waals surface area contributed by atoms with E-state index in [1.54, 1.807) is 4.68 Å². The Bertz CT molecular complexity index is 648. The molecule has 1 unspecified atom stereocenters. The van der Waals surface area contributed by atoms with E-state index in [2.05, 4.69) is 39.5 Å². The molecule has 1 atom stereocenters. The number of aryl methyl sites for hydroxylation is 1. The Morgan fingerprint density at radius 1 is 1.18 bits per heavy atom. The molecule has 1 aromatic carbocycles. The first-order valence-electron chi connectivity index (χ1n) is 7.58. The molecule has 0 N–H and O–H groups in total. The molecular formula is C15H19N5O2. The van der Waals surface area contributed by atoms with Gasteiger partial charge in [0.2, 0.25) is 0 Å². The summed E-state index contributed by atoms with van der Waals surface area (Å²) in [6.45, 7) is 5.69. The van der Waals surface area contributed by atoms with E-state index < -0.39 is 0 Å². The summed E-state index contributed by atoms with van der Waals surface area (Å²) in [4.78, 5) is 2.19. The normalized spacial score (nSPS) is 25.0. The third-order valence-electron chi connectivity index (χ3n) is 4.33. The Balaban J connectivity index is 1.63. The SMILES string of the molecule is Cc1ccc(-n2nnnc2N2CCOC3(CCOC3)C2)cc1. The van der Waals surface area contributed by atoms with Crippen LogP contribution in [0.5, 0.6) is 0 Å². The number of nitrogens with zero attached hydrogens (tertiary/aromatic N) is 5. The average Bonchev–Trinajstić information content (AvgIpc) is 3.18. The molecule has 2 saturated heterocycles. The first-order chi connectivity index (χ1) is 10.8. The van der Waals surface area contributed by atoms with Crippen LogP contribution in [0.4, 0.5) is 5.95 Å². The highest BCUT2D eigenvalue weighted by Gasteiger charge is 2.41. The van der Waals surface area contributed by atoms with Crippen molar-refractivity contribution in [1.29, 1.82) is 0 Å². The van der Waals surface area contributed by atoms with Gasteiger partial charge in [-0.1, -0.05) is 22.8 Å². The minimum atomic E-state index is -0.206. The minimum Gasteiger partial charge on any atom is -0.378 e. The van der Waals surface area contributed by atoms with Gasteiger partial charge in [-0.2, -0.15) is 4.68 Å². The fourth-order valence-electron chi connectivity index (χ4n) is 3.08. The van der Waals surface area contributed by atoms with E-state index in [9.17, 15) is 0 Å². The van der Waals surface area contributed by atoms with Crippen molar-refractivity contribution in [2.75, 3.05) is 37.8 Å². The monoisotopic (exact) mass is 301 g/mol. The van der Waals surface area contributed by atoms with Crippen LogP contribution in [0.25, 0.3) is 5.69 Å². The molecular weight excluding hydrogens is 282 g/mol. The van der Waals surface area contributed by atoms with Crippen LogP contribution in [0.3, 0.4) is 0 Å². The van der Waals surface area contributed by atoms with Crippen molar-refractivity contribution in [3.05, 3.63) is 29.8 Å². The van der Waals surface area contributed by atoms with E-state index >= 15 is 0 Å². The van der Waals surface area contributed by atoms with Gasteiger partial charge < -0.3 is 14.4 Å². The molecule has 2 aliphatic rings. The maximum Gasteiger partial charge on any atom is 0.250 e. The van der Waals surface area contributed by atoms with Gasteiger partial charge in [-0.15, -0.1) is 0 Å².